The maximum absolute atomic E-state index is 12.8. The predicted octanol–water partition coefficient (Wildman–Crippen LogP) is 2.54. The number of thioether (sulfide) groups is 1. The van der Waals surface area contributed by atoms with Gasteiger partial charge in [-0.3, -0.25) is 19.8 Å². The Morgan fingerprint density at radius 3 is 2.74 bits per heavy atom. The van der Waals surface area contributed by atoms with Crippen molar-refractivity contribution in [3.05, 3.63) is 51.1 Å². The molecule has 0 radical (unpaired) electrons. The summed E-state index contributed by atoms with van der Waals surface area (Å²) in [6.45, 7) is 2.02. The van der Waals surface area contributed by atoms with Crippen LogP contribution in [0.3, 0.4) is 0 Å². The van der Waals surface area contributed by atoms with Crippen molar-refractivity contribution in [2.75, 3.05) is 40.0 Å². The van der Waals surface area contributed by atoms with E-state index in [-0.39, 0.29) is 16.8 Å². The van der Waals surface area contributed by atoms with Gasteiger partial charge in [-0.05, 0) is 47.4 Å². The first-order valence-corrected chi connectivity index (χ1v) is 12.4. The Morgan fingerprint density at radius 2 is 2.03 bits per heavy atom. The number of rotatable bonds is 7. The van der Waals surface area contributed by atoms with Crippen LogP contribution in [0.25, 0.3) is 6.08 Å². The molecule has 2 fully saturated rings. The Kier molecular flexibility index (Phi) is 7.83. The maximum Gasteiger partial charge on any atom is 0.285 e. The van der Waals surface area contributed by atoms with E-state index < -0.39 is 11.8 Å². The lowest BCUT2D eigenvalue weighted by Crippen LogP contribution is -2.44. The first-order valence-electron chi connectivity index (χ1n) is 10.2. The van der Waals surface area contributed by atoms with Crippen LogP contribution in [0.5, 0.6) is 11.5 Å². The van der Waals surface area contributed by atoms with Crippen molar-refractivity contribution in [1.82, 2.24) is 15.3 Å². The fourth-order valence-corrected chi connectivity index (χ4v) is 5.01. The SMILES string of the molecule is COc1cc(/C=C2\SC(=S)N(NC(=O)c3cccs3)C2=O)ccc1OCC(=O)N1CCOCC1. The maximum atomic E-state index is 12.8. The smallest absolute Gasteiger partial charge is 0.285 e. The average Bonchev–Trinajstić information content (AvgIpc) is 3.48. The van der Waals surface area contributed by atoms with E-state index in [1.165, 1.54) is 18.4 Å². The van der Waals surface area contributed by atoms with Gasteiger partial charge >= 0.3 is 0 Å². The van der Waals surface area contributed by atoms with Crippen LogP contribution < -0.4 is 14.9 Å². The zero-order valence-electron chi connectivity index (χ0n) is 18.1. The number of morpholine rings is 1. The molecule has 4 rings (SSSR count). The minimum Gasteiger partial charge on any atom is -0.493 e. The van der Waals surface area contributed by atoms with Crippen molar-refractivity contribution in [3.8, 4) is 11.5 Å². The van der Waals surface area contributed by atoms with Gasteiger partial charge < -0.3 is 19.1 Å². The number of hydrazine groups is 1. The van der Waals surface area contributed by atoms with Crippen LogP contribution in [-0.2, 0) is 14.3 Å². The van der Waals surface area contributed by atoms with Gasteiger partial charge in [-0.1, -0.05) is 23.9 Å². The Bertz CT molecular complexity index is 1130. The number of nitrogens with zero attached hydrogens (tertiary/aromatic N) is 2. The van der Waals surface area contributed by atoms with Crippen LogP contribution in [0, 0.1) is 0 Å². The largest absolute Gasteiger partial charge is 0.493 e. The minimum absolute atomic E-state index is 0.113. The second-order valence-corrected chi connectivity index (χ2v) is 9.75. The summed E-state index contributed by atoms with van der Waals surface area (Å²) in [6.07, 6.45) is 1.65. The van der Waals surface area contributed by atoms with E-state index in [0.29, 0.717) is 53.1 Å². The Morgan fingerprint density at radius 1 is 1.24 bits per heavy atom. The molecule has 1 aromatic carbocycles. The molecule has 2 saturated heterocycles. The molecule has 0 bridgehead atoms. The molecule has 12 heteroatoms. The fourth-order valence-electron chi connectivity index (χ4n) is 3.22. The van der Waals surface area contributed by atoms with Gasteiger partial charge in [-0.25, -0.2) is 0 Å². The highest BCUT2D eigenvalue weighted by atomic mass is 32.2. The number of benzene rings is 1. The number of hydrogen-bond donors (Lipinski definition) is 1. The van der Waals surface area contributed by atoms with Crippen molar-refractivity contribution in [1.29, 1.82) is 0 Å². The van der Waals surface area contributed by atoms with Crippen molar-refractivity contribution < 1.29 is 28.6 Å². The van der Waals surface area contributed by atoms with E-state index in [1.807, 2.05) is 0 Å². The molecular formula is C22H21N3O6S3. The molecule has 0 atom stereocenters. The van der Waals surface area contributed by atoms with Crippen LogP contribution in [0.15, 0.2) is 40.6 Å². The lowest BCUT2D eigenvalue weighted by atomic mass is 10.2. The van der Waals surface area contributed by atoms with Gasteiger partial charge in [-0.2, -0.15) is 5.01 Å². The first-order chi connectivity index (χ1) is 16.5. The summed E-state index contributed by atoms with van der Waals surface area (Å²) in [4.78, 5) is 40.0. The highest BCUT2D eigenvalue weighted by Crippen LogP contribution is 2.34. The van der Waals surface area contributed by atoms with Gasteiger partial charge in [0.2, 0.25) is 0 Å². The highest BCUT2D eigenvalue weighted by Gasteiger charge is 2.34. The fraction of sp³-hybridized carbons (Fsp3) is 0.273. The summed E-state index contributed by atoms with van der Waals surface area (Å²) in [5, 5.41) is 2.85. The number of amides is 3. The topological polar surface area (TPSA) is 97.4 Å². The number of carbonyl (C=O) groups excluding carboxylic acids is 3. The molecule has 3 heterocycles. The van der Waals surface area contributed by atoms with Crippen molar-refractivity contribution in [2.24, 2.45) is 0 Å². The Balaban J connectivity index is 1.42. The average molecular weight is 520 g/mol. The van der Waals surface area contributed by atoms with Gasteiger partial charge in [0.25, 0.3) is 17.7 Å². The summed E-state index contributed by atoms with van der Waals surface area (Å²) in [7, 11) is 1.50. The molecule has 0 aliphatic carbocycles. The van der Waals surface area contributed by atoms with Crippen LogP contribution in [0.2, 0.25) is 0 Å². The van der Waals surface area contributed by atoms with E-state index in [4.69, 9.17) is 26.4 Å². The predicted molar refractivity (Wildman–Crippen MR) is 133 cm³/mol. The van der Waals surface area contributed by atoms with Gasteiger partial charge in [0.1, 0.15) is 0 Å². The Labute approximate surface area is 209 Å². The van der Waals surface area contributed by atoms with E-state index in [0.717, 1.165) is 16.8 Å². The molecule has 3 amide bonds. The first kappa shape index (κ1) is 24.2. The lowest BCUT2D eigenvalue weighted by Gasteiger charge is -2.26. The van der Waals surface area contributed by atoms with Crippen LogP contribution in [0.1, 0.15) is 15.2 Å². The standard InChI is InChI=1S/C22H21N3O6S3/c1-29-16-11-14(4-5-15(16)31-13-19(26)24-6-8-30-9-7-24)12-18-21(28)25(22(32)34-18)23-20(27)17-3-2-10-33-17/h2-5,10-12H,6-9,13H2,1H3,(H,23,27)/b18-12-. The summed E-state index contributed by atoms with van der Waals surface area (Å²) in [5.41, 5.74) is 3.22. The number of thiocarbonyl (C=S) groups is 1. The molecule has 1 aromatic heterocycles. The third-order valence-electron chi connectivity index (χ3n) is 4.95. The van der Waals surface area contributed by atoms with Crippen LogP contribution in [0.4, 0.5) is 0 Å². The van der Waals surface area contributed by atoms with Gasteiger partial charge in [0, 0.05) is 13.1 Å². The van der Waals surface area contributed by atoms with E-state index in [2.05, 4.69) is 5.43 Å². The summed E-state index contributed by atoms with van der Waals surface area (Å²) < 4.78 is 16.6. The molecule has 1 N–H and O–H groups in total. The third-order valence-corrected chi connectivity index (χ3v) is 7.12. The number of thiophene rings is 1. The number of ether oxygens (including phenoxy) is 3. The molecule has 0 saturated carbocycles. The Hall–Kier alpha value is -2.93. The van der Waals surface area contributed by atoms with Crippen molar-refractivity contribution in [2.45, 2.75) is 0 Å². The zero-order valence-corrected chi connectivity index (χ0v) is 20.6. The second-order valence-electron chi connectivity index (χ2n) is 7.13. The van der Waals surface area contributed by atoms with Gasteiger partial charge in [0.15, 0.2) is 22.4 Å². The minimum atomic E-state index is -0.421. The molecule has 2 aromatic rings. The van der Waals surface area contributed by atoms with Crippen LogP contribution in [-0.4, -0.2) is 72.0 Å². The summed E-state index contributed by atoms with van der Waals surface area (Å²) >= 11 is 7.63. The zero-order chi connectivity index (χ0) is 24.1. The van der Waals surface area contributed by atoms with Gasteiger partial charge in [-0.15, -0.1) is 11.3 Å². The highest BCUT2D eigenvalue weighted by molar-refractivity contribution is 8.26. The van der Waals surface area contributed by atoms with Crippen LogP contribution >= 0.6 is 35.3 Å². The molecular weight excluding hydrogens is 498 g/mol. The van der Waals surface area contributed by atoms with Crippen molar-refractivity contribution in [3.63, 3.8) is 0 Å². The van der Waals surface area contributed by atoms with Crippen molar-refractivity contribution >= 4 is 63.4 Å². The number of carbonyl (C=O) groups is 3. The summed E-state index contributed by atoms with van der Waals surface area (Å²) in [5.74, 6) is -0.109. The summed E-state index contributed by atoms with van der Waals surface area (Å²) in [6, 6.07) is 8.54. The molecule has 9 nitrogen and oxygen atoms in total. The molecule has 2 aliphatic heterocycles. The molecule has 34 heavy (non-hydrogen) atoms. The van der Waals surface area contributed by atoms with E-state index in [9.17, 15) is 14.4 Å². The molecule has 2 aliphatic rings. The monoisotopic (exact) mass is 519 g/mol. The number of methoxy groups -OCH3 is 1. The molecule has 178 valence electrons. The normalized spacial score (nSPS) is 17.3. The molecule has 0 spiro atoms. The lowest BCUT2D eigenvalue weighted by molar-refractivity contribution is -0.137. The van der Waals surface area contributed by atoms with E-state index in [1.54, 1.807) is 46.7 Å². The third kappa shape index (κ3) is 5.58. The second kappa shape index (κ2) is 11.0. The number of nitrogens with one attached hydrogen (secondary N) is 1. The molecule has 0 unspecified atom stereocenters. The van der Waals surface area contributed by atoms with E-state index >= 15 is 0 Å². The quantitative estimate of drug-likeness (QED) is 0.440. The van der Waals surface area contributed by atoms with Gasteiger partial charge in [0.05, 0.1) is 30.1 Å². The number of hydrogen-bond acceptors (Lipinski definition) is 9.